The molecule has 2 fully saturated rings. The van der Waals surface area contributed by atoms with Crippen LogP contribution in [0.15, 0.2) is 0 Å². The highest BCUT2D eigenvalue weighted by Crippen LogP contribution is 2.32. The number of esters is 2. The summed E-state index contributed by atoms with van der Waals surface area (Å²) in [6, 6.07) is 0. The molecule has 0 spiro atoms. The monoisotopic (exact) mass is 440 g/mol. The van der Waals surface area contributed by atoms with E-state index in [0.717, 1.165) is 44.9 Å². The average Bonchev–Trinajstić information content (AvgIpc) is 2.79. The van der Waals surface area contributed by atoms with E-state index < -0.39 is 5.41 Å². The molecule has 0 saturated heterocycles. The SMILES string of the molecule is CCC(OCC1CCCCC1C(=O)OCCOC(=O)C(C)(C)CC)OC1CCCCC1. The maximum atomic E-state index is 12.7. The van der Waals surface area contributed by atoms with Crippen molar-refractivity contribution in [1.82, 2.24) is 0 Å². The van der Waals surface area contributed by atoms with Crippen LogP contribution in [0.4, 0.5) is 0 Å². The molecule has 2 aliphatic rings. The zero-order valence-corrected chi connectivity index (χ0v) is 20.2. The van der Waals surface area contributed by atoms with E-state index in [0.29, 0.717) is 19.1 Å². The molecule has 0 bridgehead atoms. The van der Waals surface area contributed by atoms with E-state index in [1.54, 1.807) is 0 Å². The van der Waals surface area contributed by atoms with Gasteiger partial charge < -0.3 is 18.9 Å². The quantitative estimate of drug-likeness (QED) is 0.229. The van der Waals surface area contributed by atoms with Gasteiger partial charge in [-0.15, -0.1) is 0 Å². The van der Waals surface area contributed by atoms with Crippen LogP contribution in [-0.4, -0.2) is 44.2 Å². The van der Waals surface area contributed by atoms with E-state index in [1.165, 1.54) is 19.3 Å². The van der Waals surface area contributed by atoms with Gasteiger partial charge in [0, 0.05) is 0 Å². The van der Waals surface area contributed by atoms with Gasteiger partial charge in [-0.3, -0.25) is 9.59 Å². The first-order valence-corrected chi connectivity index (χ1v) is 12.5. The van der Waals surface area contributed by atoms with Crippen LogP contribution in [0.5, 0.6) is 0 Å². The molecule has 0 aromatic heterocycles. The molecule has 0 aliphatic heterocycles. The minimum Gasteiger partial charge on any atom is -0.462 e. The fraction of sp³-hybridized carbons (Fsp3) is 0.920. The first-order valence-electron chi connectivity index (χ1n) is 12.5. The van der Waals surface area contributed by atoms with Crippen molar-refractivity contribution in [2.75, 3.05) is 19.8 Å². The predicted octanol–water partition coefficient (Wildman–Crippen LogP) is 5.42. The second-order valence-electron chi connectivity index (χ2n) is 9.76. The van der Waals surface area contributed by atoms with E-state index in [-0.39, 0.29) is 43.3 Å². The van der Waals surface area contributed by atoms with E-state index in [1.807, 2.05) is 20.8 Å². The van der Waals surface area contributed by atoms with Gasteiger partial charge in [-0.05, 0) is 58.3 Å². The molecular formula is C25H44O6. The smallest absolute Gasteiger partial charge is 0.311 e. The molecule has 6 heteroatoms. The number of ether oxygens (including phenoxy) is 4. The van der Waals surface area contributed by atoms with Crippen molar-refractivity contribution >= 4 is 11.9 Å². The Bertz CT molecular complexity index is 540. The standard InChI is InChI=1S/C25H44O6/c1-5-22(31-20-13-8-7-9-14-20)30-18-19-12-10-11-15-21(19)23(26)28-16-17-29-24(27)25(3,4)6-2/h19-22H,5-18H2,1-4H3. The summed E-state index contributed by atoms with van der Waals surface area (Å²) in [6.07, 6.45) is 11.6. The Hall–Kier alpha value is -1.14. The molecule has 31 heavy (non-hydrogen) atoms. The van der Waals surface area contributed by atoms with E-state index in [9.17, 15) is 9.59 Å². The van der Waals surface area contributed by atoms with Crippen LogP contribution in [0.1, 0.15) is 98.3 Å². The van der Waals surface area contributed by atoms with Gasteiger partial charge in [0.15, 0.2) is 6.29 Å². The Labute approximate surface area is 188 Å². The predicted molar refractivity (Wildman–Crippen MR) is 119 cm³/mol. The van der Waals surface area contributed by atoms with Crippen LogP contribution in [-0.2, 0) is 28.5 Å². The fourth-order valence-electron chi connectivity index (χ4n) is 4.34. The molecule has 3 unspecified atom stereocenters. The molecule has 6 nitrogen and oxygen atoms in total. The van der Waals surface area contributed by atoms with E-state index in [2.05, 4.69) is 6.92 Å². The summed E-state index contributed by atoms with van der Waals surface area (Å²) in [6.45, 7) is 8.50. The van der Waals surface area contributed by atoms with Gasteiger partial charge in [-0.25, -0.2) is 0 Å². The molecule has 0 aromatic carbocycles. The lowest BCUT2D eigenvalue weighted by molar-refractivity contribution is -0.189. The largest absolute Gasteiger partial charge is 0.462 e. The van der Waals surface area contributed by atoms with Gasteiger partial charge in [-0.1, -0.05) is 46.0 Å². The van der Waals surface area contributed by atoms with Crippen molar-refractivity contribution in [3.63, 3.8) is 0 Å². The van der Waals surface area contributed by atoms with Crippen molar-refractivity contribution < 1.29 is 28.5 Å². The van der Waals surface area contributed by atoms with Crippen molar-refractivity contribution in [3.05, 3.63) is 0 Å². The molecule has 0 aromatic rings. The number of carbonyl (C=O) groups is 2. The third-order valence-electron chi connectivity index (χ3n) is 6.94. The summed E-state index contributed by atoms with van der Waals surface area (Å²) >= 11 is 0. The highest BCUT2D eigenvalue weighted by Gasteiger charge is 2.33. The van der Waals surface area contributed by atoms with Crippen LogP contribution in [0, 0.1) is 17.3 Å². The molecule has 0 radical (unpaired) electrons. The van der Waals surface area contributed by atoms with Gasteiger partial charge in [0.25, 0.3) is 0 Å². The van der Waals surface area contributed by atoms with E-state index >= 15 is 0 Å². The Morgan fingerprint density at radius 2 is 1.55 bits per heavy atom. The minimum absolute atomic E-state index is 0.106. The zero-order valence-electron chi connectivity index (χ0n) is 20.2. The van der Waals surface area contributed by atoms with Crippen molar-refractivity contribution in [2.45, 2.75) is 111 Å². The molecule has 2 saturated carbocycles. The van der Waals surface area contributed by atoms with Gasteiger partial charge in [0.05, 0.1) is 24.0 Å². The lowest BCUT2D eigenvalue weighted by Gasteiger charge is -2.32. The number of rotatable bonds is 12. The molecule has 2 aliphatic carbocycles. The second kappa shape index (κ2) is 13.4. The van der Waals surface area contributed by atoms with Crippen LogP contribution in [0.2, 0.25) is 0 Å². The first-order chi connectivity index (χ1) is 14.9. The first kappa shape index (κ1) is 26.1. The third kappa shape index (κ3) is 8.72. The highest BCUT2D eigenvalue weighted by molar-refractivity contribution is 5.76. The Morgan fingerprint density at radius 3 is 2.23 bits per heavy atom. The van der Waals surface area contributed by atoms with Crippen LogP contribution in [0.25, 0.3) is 0 Å². The second-order valence-corrected chi connectivity index (χ2v) is 9.76. The molecule has 3 atom stereocenters. The molecule has 0 N–H and O–H groups in total. The lowest BCUT2D eigenvalue weighted by atomic mass is 9.79. The Balaban J connectivity index is 1.74. The summed E-state index contributed by atoms with van der Waals surface area (Å²) in [5, 5.41) is 0. The van der Waals surface area contributed by atoms with Gasteiger partial charge in [0.1, 0.15) is 13.2 Å². The summed E-state index contributed by atoms with van der Waals surface area (Å²) < 4.78 is 23.0. The Morgan fingerprint density at radius 1 is 0.903 bits per heavy atom. The summed E-state index contributed by atoms with van der Waals surface area (Å²) in [5.74, 6) is -0.436. The molecular weight excluding hydrogens is 396 g/mol. The van der Waals surface area contributed by atoms with Crippen LogP contribution >= 0.6 is 0 Å². The number of hydrogen-bond acceptors (Lipinski definition) is 6. The average molecular weight is 441 g/mol. The topological polar surface area (TPSA) is 71.1 Å². The summed E-state index contributed by atoms with van der Waals surface area (Å²) in [4.78, 5) is 24.7. The lowest BCUT2D eigenvalue weighted by Crippen LogP contribution is -2.35. The maximum absolute atomic E-state index is 12.7. The van der Waals surface area contributed by atoms with Crippen molar-refractivity contribution in [3.8, 4) is 0 Å². The minimum atomic E-state index is -0.509. The molecule has 0 amide bonds. The maximum Gasteiger partial charge on any atom is 0.311 e. The molecule has 180 valence electrons. The number of hydrogen-bond donors (Lipinski definition) is 0. The van der Waals surface area contributed by atoms with Gasteiger partial charge in [0.2, 0.25) is 0 Å². The fourth-order valence-corrected chi connectivity index (χ4v) is 4.34. The number of carbonyl (C=O) groups excluding carboxylic acids is 2. The molecule has 2 rings (SSSR count). The van der Waals surface area contributed by atoms with Crippen molar-refractivity contribution in [2.24, 2.45) is 17.3 Å². The molecule has 0 heterocycles. The Kier molecular flexibility index (Phi) is 11.3. The van der Waals surface area contributed by atoms with Gasteiger partial charge >= 0.3 is 11.9 Å². The van der Waals surface area contributed by atoms with E-state index in [4.69, 9.17) is 18.9 Å². The van der Waals surface area contributed by atoms with Crippen LogP contribution < -0.4 is 0 Å². The third-order valence-corrected chi connectivity index (χ3v) is 6.94. The summed E-state index contributed by atoms with van der Waals surface area (Å²) in [7, 11) is 0. The van der Waals surface area contributed by atoms with Crippen LogP contribution in [0.3, 0.4) is 0 Å². The van der Waals surface area contributed by atoms with Crippen molar-refractivity contribution in [1.29, 1.82) is 0 Å². The zero-order chi connectivity index (χ0) is 22.7. The normalized spacial score (nSPS) is 23.9. The summed E-state index contributed by atoms with van der Waals surface area (Å²) in [5.41, 5.74) is -0.509. The highest BCUT2D eigenvalue weighted by atomic mass is 16.7. The van der Waals surface area contributed by atoms with Gasteiger partial charge in [-0.2, -0.15) is 0 Å².